The Balaban J connectivity index is 1.93. The monoisotopic (exact) mass is 373 g/mol. The molecular weight excluding hydrogens is 362 g/mol. The van der Waals surface area contributed by atoms with E-state index in [0.717, 1.165) is 17.3 Å². The molecule has 8 heteroatoms. The van der Waals surface area contributed by atoms with Gasteiger partial charge in [0, 0.05) is 6.07 Å². The number of carboxylic acid groups (broad SMARTS) is 1. The summed E-state index contributed by atoms with van der Waals surface area (Å²) in [6, 6.07) is 10.2. The molecule has 126 valence electrons. The number of aromatic carboxylic acids is 1. The van der Waals surface area contributed by atoms with Crippen LogP contribution in [-0.4, -0.2) is 31.5 Å². The second-order valence-corrected chi connectivity index (χ2v) is 6.79. The highest BCUT2D eigenvalue weighted by atomic mass is 32.2. The second kappa shape index (κ2) is 6.58. The highest BCUT2D eigenvalue weighted by Crippen LogP contribution is 2.37. The van der Waals surface area contributed by atoms with Crippen molar-refractivity contribution >= 4 is 51.9 Å². The first kappa shape index (κ1) is 17.0. The minimum atomic E-state index is -1.26. The van der Waals surface area contributed by atoms with E-state index in [0.29, 0.717) is 10.6 Å². The number of carboxylic acids is 1. The van der Waals surface area contributed by atoms with E-state index in [1.54, 1.807) is 18.2 Å². The maximum atomic E-state index is 12.6. The first-order chi connectivity index (χ1) is 11.9. The summed E-state index contributed by atoms with van der Waals surface area (Å²) in [6.07, 6.45) is 1.64. The number of anilines is 1. The Morgan fingerprint density at radius 3 is 2.40 bits per heavy atom. The molecule has 0 spiro atoms. The number of benzene rings is 2. The predicted octanol–water partition coefficient (Wildman–Crippen LogP) is 3.20. The zero-order chi connectivity index (χ0) is 18.1. The number of rotatable bonds is 3. The van der Waals surface area contributed by atoms with Crippen LogP contribution in [0.1, 0.15) is 15.9 Å². The van der Waals surface area contributed by atoms with Gasteiger partial charge in [0.25, 0.3) is 5.91 Å². The average Bonchev–Trinajstić information content (AvgIpc) is 2.83. The molecule has 1 heterocycles. The number of hydrogen-bond donors (Lipinski definition) is 3. The SMILES string of the molecule is O=C(O)c1ccc(N2C(=O)C(=Cc3ccc(O)cc3)SC2=S)cc1O. The number of nitrogens with zero attached hydrogens (tertiary/aromatic N) is 1. The van der Waals surface area contributed by atoms with Crippen LogP contribution in [0.3, 0.4) is 0 Å². The lowest BCUT2D eigenvalue weighted by Gasteiger charge is -2.15. The van der Waals surface area contributed by atoms with E-state index in [9.17, 15) is 19.8 Å². The lowest BCUT2D eigenvalue weighted by molar-refractivity contribution is -0.113. The summed E-state index contributed by atoms with van der Waals surface area (Å²) in [7, 11) is 0. The fraction of sp³-hybridized carbons (Fsp3) is 0. The van der Waals surface area contributed by atoms with Crippen LogP contribution in [-0.2, 0) is 4.79 Å². The minimum Gasteiger partial charge on any atom is -0.508 e. The van der Waals surface area contributed by atoms with Gasteiger partial charge in [-0.05, 0) is 35.9 Å². The minimum absolute atomic E-state index is 0.124. The van der Waals surface area contributed by atoms with Crippen molar-refractivity contribution < 1.29 is 24.9 Å². The molecular formula is C17H11NO5S2. The van der Waals surface area contributed by atoms with Crippen LogP contribution in [0.2, 0.25) is 0 Å². The summed E-state index contributed by atoms with van der Waals surface area (Å²) < 4.78 is 0.275. The average molecular weight is 373 g/mol. The molecule has 1 saturated heterocycles. The summed E-state index contributed by atoms with van der Waals surface area (Å²) in [5.41, 5.74) is 0.760. The van der Waals surface area contributed by atoms with Gasteiger partial charge in [0.1, 0.15) is 17.1 Å². The van der Waals surface area contributed by atoms with Gasteiger partial charge in [-0.15, -0.1) is 0 Å². The summed E-state index contributed by atoms with van der Waals surface area (Å²) in [6.45, 7) is 0. The maximum Gasteiger partial charge on any atom is 0.339 e. The molecule has 3 rings (SSSR count). The zero-order valence-electron chi connectivity index (χ0n) is 12.5. The van der Waals surface area contributed by atoms with Crippen molar-refractivity contribution in [2.45, 2.75) is 0 Å². The van der Waals surface area contributed by atoms with Gasteiger partial charge in [-0.3, -0.25) is 9.69 Å². The van der Waals surface area contributed by atoms with Crippen LogP contribution in [0.15, 0.2) is 47.4 Å². The van der Waals surface area contributed by atoms with Crippen molar-refractivity contribution in [3.05, 3.63) is 58.5 Å². The van der Waals surface area contributed by atoms with Crippen LogP contribution >= 0.6 is 24.0 Å². The van der Waals surface area contributed by atoms with Gasteiger partial charge in [-0.25, -0.2) is 4.79 Å². The topological polar surface area (TPSA) is 98.1 Å². The molecule has 25 heavy (non-hydrogen) atoms. The molecule has 2 aromatic carbocycles. The van der Waals surface area contributed by atoms with Crippen molar-refractivity contribution in [3.63, 3.8) is 0 Å². The highest BCUT2D eigenvalue weighted by molar-refractivity contribution is 8.27. The molecule has 1 aliphatic rings. The molecule has 0 atom stereocenters. The zero-order valence-corrected chi connectivity index (χ0v) is 14.2. The van der Waals surface area contributed by atoms with E-state index in [2.05, 4.69) is 0 Å². The molecule has 0 radical (unpaired) electrons. The molecule has 1 amide bonds. The van der Waals surface area contributed by atoms with E-state index in [-0.39, 0.29) is 21.5 Å². The number of thiocarbonyl (C=S) groups is 1. The van der Waals surface area contributed by atoms with E-state index < -0.39 is 11.7 Å². The predicted molar refractivity (Wildman–Crippen MR) is 98.8 cm³/mol. The number of phenols is 2. The number of aromatic hydroxyl groups is 2. The Morgan fingerprint density at radius 1 is 1.12 bits per heavy atom. The van der Waals surface area contributed by atoms with Gasteiger partial charge in [-0.2, -0.15) is 0 Å². The smallest absolute Gasteiger partial charge is 0.339 e. The lowest BCUT2D eigenvalue weighted by Crippen LogP contribution is -2.27. The Morgan fingerprint density at radius 2 is 1.80 bits per heavy atom. The number of carbonyl (C=O) groups excluding carboxylic acids is 1. The normalized spacial score (nSPS) is 15.8. The molecule has 2 aromatic rings. The van der Waals surface area contributed by atoms with Crippen molar-refractivity contribution in [2.24, 2.45) is 0 Å². The van der Waals surface area contributed by atoms with E-state index in [1.807, 2.05) is 0 Å². The molecule has 0 aromatic heterocycles. The third kappa shape index (κ3) is 3.35. The van der Waals surface area contributed by atoms with Crippen LogP contribution in [0.25, 0.3) is 6.08 Å². The molecule has 1 aliphatic heterocycles. The summed E-state index contributed by atoms with van der Waals surface area (Å²) in [5.74, 6) is -1.95. The van der Waals surface area contributed by atoms with Crippen molar-refractivity contribution in [3.8, 4) is 11.5 Å². The molecule has 0 bridgehead atoms. The molecule has 0 aliphatic carbocycles. The summed E-state index contributed by atoms with van der Waals surface area (Å²) in [4.78, 5) is 25.2. The van der Waals surface area contributed by atoms with Crippen LogP contribution < -0.4 is 4.90 Å². The van der Waals surface area contributed by atoms with Crippen molar-refractivity contribution in [1.29, 1.82) is 0 Å². The number of phenolic OH excluding ortho intramolecular Hbond substituents is 1. The molecule has 6 nitrogen and oxygen atoms in total. The van der Waals surface area contributed by atoms with Crippen molar-refractivity contribution in [2.75, 3.05) is 4.90 Å². The van der Waals surface area contributed by atoms with E-state index in [4.69, 9.17) is 17.3 Å². The third-order valence-electron chi connectivity index (χ3n) is 3.45. The fourth-order valence-corrected chi connectivity index (χ4v) is 3.55. The Bertz CT molecular complexity index is 921. The maximum absolute atomic E-state index is 12.6. The first-order valence-corrected chi connectivity index (χ1v) is 8.22. The van der Waals surface area contributed by atoms with Gasteiger partial charge < -0.3 is 15.3 Å². The summed E-state index contributed by atoms with van der Waals surface area (Å²) in [5, 5.41) is 28.1. The van der Waals surface area contributed by atoms with E-state index >= 15 is 0 Å². The van der Waals surface area contributed by atoms with E-state index in [1.165, 1.54) is 35.2 Å². The van der Waals surface area contributed by atoms with Gasteiger partial charge in [0.15, 0.2) is 4.32 Å². The Labute approximate surface area is 152 Å². The largest absolute Gasteiger partial charge is 0.508 e. The molecule has 0 unspecified atom stereocenters. The quantitative estimate of drug-likeness (QED) is 0.561. The van der Waals surface area contributed by atoms with Gasteiger partial charge in [0.2, 0.25) is 0 Å². The molecule has 0 saturated carbocycles. The highest BCUT2D eigenvalue weighted by Gasteiger charge is 2.33. The standard InChI is InChI=1S/C17H11NO5S2/c19-11-4-1-9(2-5-11)7-14-15(21)18(17(24)25-14)10-3-6-12(16(22)23)13(20)8-10/h1-8,19-20H,(H,22,23). The van der Waals surface area contributed by atoms with Crippen LogP contribution in [0.4, 0.5) is 5.69 Å². The summed E-state index contributed by atoms with van der Waals surface area (Å²) >= 11 is 6.33. The second-order valence-electron chi connectivity index (χ2n) is 5.12. The molecule has 3 N–H and O–H groups in total. The Hall–Kier alpha value is -2.84. The van der Waals surface area contributed by atoms with Gasteiger partial charge in [-0.1, -0.05) is 36.1 Å². The lowest BCUT2D eigenvalue weighted by atomic mass is 10.1. The fourth-order valence-electron chi connectivity index (χ4n) is 2.25. The van der Waals surface area contributed by atoms with Crippen LogP contribution in [0, 0.1) is 0 Å². The number of hydrogen-bond acceptors (Lipinski definition) is 6. The van der Waals surface area contributed by atoms with Gasteiger partial charge >= 0.3 is 5.97 Å². The van der Waals surface area contributed by atoms with Crippen LogP contribution in [0.5, 0.6) is 11.5 Å². The number of carbonyl (C=O) groups is 2. The Kier molecular flexibility index (Phi) is 4.47. The van der Waals surface area contributed by atoms with Gasteiger partial charge in [0.05, 0.1) is 10.6 Å². The third-order valence-corrected chi connectivity index (χ3v) is 4.76. The number of amides is 1. The number of thioether (sulfide) groups is 1. The first-order valence-electron chi connectivity index (χ1n) is 7.00. The van der Waals surface area contributed by atoms with Crippen molar-refractivity contribution in [1.82, 2.24) is 0 Å². The molecule has 1 fully saturated rings.